The molecular formula is C41H71NO8. The Morgan fingerprint density at radius 2 is 1.70 bits per heavy atom. The molecule has 2 heterocycles. The molecule has 0 aromatic carbocycles. The van der Waals surface area contributed by atoms with Crippen LogP contribution in [-0.2, 0) is 14.2 Å². The van der Waals surface area contributed by atoms with Crippen molar-refractivity contribution in [2.24, 2.45) is 45.3 Å². The van der Waals surface area contributed by atoms with E-state index in [0.717, 1.165) is 38.0 Å². The minimum Gasteiger partial charge on any atom is -0.392 e. The Bertz CT molecular complexity index is 1220. The summed E-state index contributed by atoms with van der Waals surface area (Å²) in [6.07, 6.45) is 8.50. The number of nitrogens with one attached hydrogen (secondary N) is 1. The van der Waals surface area contributed by atoms with Crippen molar-refractivity contribution in [1.29, 1.82) is 0 Å². The lowest BCUT2D eigenvalue weighted by Crippen LogP contribution is -2.60. The summed E-state index contributed by atoms with van der Waals surface area (Å²) in [5.74, 6) is 2.54. The van der Waals surface area contributed by atoms with Crippen molar-refractivity contribution in [2.45, 2.75) is 187 Å². The van der Waals surface area contributed by atoms with E-state index in [1.54, 1.807) is 0 Å². The maximum Gasteiger partial charge on any atom is 0.186 e. The van der Waals surface area contributed by atoms with E-state index in [9.17, 15) is 25.5 Å². The summed E-state index contributed by atoms with van der Waals surface area (Å²) in [5, 5.41) is 55.3. The van der Waals surface area contributed by atoms with Crippen LogP contribution in [0, 0.1) is 45.3 Å². The van der Waals surface area contributed by atoms with Crippen molar-refractivity contribution < 1.29 is 39.7 Å². The first-order chi connectivity index (χ1) is 23.3. The Balaban J connectivity index is 1.12. The van der Waals surface area contributed by atoms with Gasteiger partial charge in [0.25, 0.3) is 0 Å². The van der Waals surface area contributed by atoms with Gasteiger partial charge in [-0.2, -0.15) is 0 Å². The zero-order valence-corrected chi connectivity index (χ0v) is 32.4. The lowest BCUT2D eigenvalue weighted by atomic mass is 9.39. The van der Waals surface area contributed by atoms with Gasteiger partial charge in [-0.3, -0.25) is 5.32 Å². The summed E-state index contributed by atoms with van der Waals surface area (Å²) < 4.78 is 18.8. The van der Waals surface area contributed by atoms with E-state index in [-0.39, 0.29) is 36.4 Å². The SMILES string of the molecule is C[C@H](CCCC(C)(C)O)C1CC[C@@]2(C)C3CC=C4C(CC[C@H](O[C@@H]5O[C@H](CO[C@H]6NC[C@@H](O)C[C@H]6O)C[C@H](O)[C@H]5O)C4(C)C)[C@]3(C)CC[C@]12C. The van der Waals surface area contributed by atoms with Crippen LogP contribution in [0.1, 0.15) is 132 Å². The molecule has 5 fully saturated rings. The van der Waals surface area contributed by atoms with E-state index in [1.807, 2.05) is 13.8 Å². The molecule has 15 atom stereocenters. The van der Waals surface area contributed by atoms with Crippen LogP contribution in [0.5, 0.6) is 0 Å². The molecule has 6 rings (SSSR count). The first-order valence-electron chi connectivity index (χ1n) is 20.1. The average Bonchev–Trinajstić information content (AvgIpc) is 3.30. The van der Waals surface area contributed by atoms with E-state index in [1.165, 1.54) is 37.7 Å². The maximum atomic E-state index is 11.0. The molecule has 3 unspecified atom stereocenters. The molecular weight excluding hydrogens is 634 g/mol. The molecule has 0 radical (unpaired) electrons. The summed E-state index contributed by atoms with van der Waals surface area (Å²) in [6, 6.07) is 0. The highest BCUT2D eigenvalue weighted by Gasteiger charge is 2.67. The van der Waals surface area contributed by atoms with Crippen molar-refractivity contribution in [1.82, 2.24) is 5.32 Å². The second-order valence-corrected chi connectivity index (χ2v) is 19.6. The van der Waals surface area contributed by atoms with Gasteiger partial charge in [0.1, 0.15) is 12.3 Å². The van der Waals surface area contributed by atoms with Gasteiger partial charge in [-0.25, -0.2) is 0 Å². The normalized spacial score (nSPS) is 48.3. The highest BCUT2D eigenvalue weighted by Crippen LogP contribution is 2.75. The van der Waals surface area contributed by atoms with Crippen molar-refractivity contribution in [3.63, 3.8) is 0 Å². The van der Waals surface area contributed by atoms with Crippen LogP contribution in [0.4, 0.5) is 0 Å². The highest BCUT2D eigenvalue weighted by atomic mass is 16.7. The fourth-order valence-electron chi connectivity index (χ4n) is 12.5. The Kier molecular flexibility index (Phi) is 11.1. The molecule has 6 N–H and O–H groups in total. The number of ether oxygens (including phenoxy) is 3. The Hall–Kier alpha value is -0.620. The predicted octanol–water partition coefficient (Wildman–Crippen LogP) is 5.45. The minimum atomic E-state index is -1.15. The molecule has 0 aromatic heterocycles. The number of piperidine rings is 1. The highest BCUT2D eigenvalue weighted by molar-refractivity contribution is 5.30. The maximum absolute atomic E-state index is 11.0. The van der Waals surface area contributed by atoms with Crippen LogP contribution in [-0.4, -0.2) is 93.4 Å². The second-order valence-electron chi connectivity index (χ2n) is 19.6. The zero-order valence-electron chi connectivity index (χ0n) is 32.4. The van der Waals surface area contributed by atoms with Crippen LogP contribution in [0.15, 0.2) is 11.6 Å². The van der Waals surface area contributed by atoms with Crippen LogP contribution in [0.3, 0.4) is 0 Å². The summed E-state index contributed by atoms with van der Waals surface area (Å²) in [4.78, 5) is 0. The molecule has 50 heavy (non-hydrogen) atoms. The molecule has 2 aliphatic heterocycles. The largest absolute Gasteiger partial charge is 0.392 e. The third-order valence-corrected chi connectivity index (χ3v) is 15.7. The molecule has 3 saturated carbocycles. The number of rotatable bonds is 10. The molecule has 0 spiro atoms. The molecule has 9 nitrogen and oxygen atoms in total. The number of fused-ring (bicyclic) bond motifs is 5. The molecule has 0 amide bonds. The molecule has 0 bridgehead atoms. The summed E-state index contributed by atoms with van der Waals surface area (Å²) in [5.41, 5.74) is 1.52. The third-order valence-electron chi connectivity index (χ3n) is 15.7. The van der Waals surface area contributed by atoms with Crippen molar-refractivity contribution in [3.8, 4) is 0 Å². The number of aliphatic hydroxyl groups excluding tert-OH is 4. The third kappa shape index (κ3) is 7.03. The fraction of sp³-hybridized carbons (Fsp3) is 0.951. The summed E-state index contributed by atoms with van der Waals surface area (Å²) in [6.45, 7) is 19.3. The van der Waals surface area contributed by atoms with Crippen molar-refractivity contribution in [2.75, 3.05) is 13.2 Å². The van der Waals surface area contributed by atoms with Gasteiger partial charge in [-0.05, 0) is 105 Å². The van der Waals surface area contributed by atoms with Crippen LogP contribution >= 0.6 is 0 Å². The van der Waals surface area contributed by atoms with Crippen LogP contribution in [0.2, 0.25) is 0 Å². The summed E-state index contributed by atoms with van der Waals surface area (Å²) >= 11 is 0. The van der Waals surface area contributed by atoms with Gasteiger partial charge in [0.05, 0.1) is 42.7 Å². The first kappa shape index (κ1) is 39.1. The quantitative estimate of drug-likeness (QED) is 0.164. The summed E-state index contributed by atoms with van der Waals surface area (Å²) in [7, 11) is 0. The molecule has 2 saturated heterocycles. The van der Waals surface area contributed by atoms with Gasteiger partial charge in [0.15, 0.2) is 6.29 Å². The van der Waals surface area contributed by atoms with Crippen LogP contribution in [0.25, 0.3) is 0 Å². The van der Waals surface area contributed by atoms with E-state index in [4.69, 9.17) is 14.2 Å². The monoisotopic (exact) mass is 706 g/mol. The number of allylic oxidation sites excluding steroid dienone is 1. The molecule has 4 aliphatic carbocycles. The Labute approximate surface area is 301 Å². The van der Waals surface area contributed by atoms with E-state index in [0.29, 0.717) is 35.1 Å². The lowest BCUT2D eigenvalue weighted by molar-refractivity contribution is -0.300. The Morgan fingerprint density at radius 3 is 2.40 bits per heavy atom. The van der Waals surface area contributed by atoms with E-state index >= 15 is 0 Å². The lowest BCUT2D eigenvalue weighted by Gasteiger charge is -2.66. The predicted molar refractivity (Wildman–Crippen MR) is 193 cm³/mol. The van der Waals surface area contributed by atoms with E-state index < -0.39 is 48.6 Å². The van der Waals surface area contributed by atoms with Gasteiger partial charge >= 0.3 is 0 Å². The topological polar surface area (TPSA) is 141 Å². The van der Waals surface area contributed by atoms with Crippen molar-refractivity contribution >= 4 is 0 Å². The van der Waals surface area contributed by atoms with Gasteiger partial charge in [0.2, 0.25) is 0 Å². The molecule has 9 heteroatoms. The molecule has 288 valence electrons. The van der Waals surface area contributed by atoms with Gasteiger partial charge < -0.3 is 39.7 Å². The molecule has 6 aliphatic rings. The fourth-order valence-corrected chi connectivity index (χ4v) is 12.5. The van der Waals surface area contributed by atoms with E-state index in [2.05, 4.69) is 52.9 Å². The number of aliphatic hydroxyl groups is 5. The molecule has 0 aromatic rings. The standard InChI is InChI=1S/C41H71NO8/c1-24(10-9-16-37(2,3)47)27-15-17-41(8)32-13-11-28-29(39(32,6)18-19-40(27,41)7)12-14-33(38(28,4)5)50-36-34(46)30(44)21-26(49-36)23-48-35-31(45)20-25(43)22-42-35/h11,24-27,29-36,42-47H,9-10,12-23H2,1-8H3/t24-,25+,26+,27?,29?,30+,31-,32?,33+,34-,35-,36+,39+,40-,41+/m1/s1. The van der Waals surface area contributed by atoms with Gasteiger partial charge in [0, 0.05) is 24.8 Å². The number of β-amino-alcohol motifs (C(OH)–C–C–N with tert-alkyl or cyclic N) is 1. The van der Waals surface area contributed by atoms with Crippen molar-refractivity contribution in [3.05, 3.63) is 11.6 Å². The van der Waals surface area contributed by atoms with Crippen LogP contribution < -0.4 is 5.32 Å². The van der Waals surface area contributed by atoms with Gasteiger partial charge in [-0.1, -0.05) is 66.0 Å². The van der Waals surface area contributed by atoms with Gasteiger partial charge in [-0.15, -0.1) is 0 Å². The zero-order chi connectivity index (χ0) is 36.4. The Morgan fingerprint density at radius 1 is 0.960 bits per heavy atom. The average molecular weight is 706 g/mol. The first-order valence-corrected chi connectivity index (χ1v) is 20.1. The minimum absolute atomic E-state index is 0.133. The number of hydrogen-bond acceptors (Lipinski definition) is 9. The number of hydrogen-bond donors (Lipinski definition) is 6. The second kappa shape index (κ2) is 14.2. The smallest absolute Gasteiger partial charge is 0.186 e.